The second-order valence-electron chi connectivity index (χ2n) is 4.10. The van der Waals surface area contributed by atoms with Crippen molar-refractivity contribution < 1.29 is 14.5 Å². The number of rotatable bonds is 5. The Hall–Kier alpha value is -2.72. The molecule has 0 aliphatic rings. The molecule has 0 aliphatic heterocycles. The topological polar surface area (TPSA) is 93.2 Å². The van der Waals surface area contributed by atoms with Gasteiger partial charge in [0.15, 0.2) is 5.78 Å². The number of benzene rings is 1. The summed E-state index contributed by atoms with van der Waals surface area (Å²) in [6.45, 7) is 0. The summed E-state index contributed by atoms with van der Waals surface area (Å²) < 4.78 is 5.06. The van der Waals surface area contributed by atoms with Crippen LogP contribution in [0.1, 0.15) is 21.2 Å². The van der Waals surface area contributed by atoms with Crippen molar-refractivity contribution in [2.75, 3.05) is 7.11 Å². The van der Waals surface area contributed by atoms with E-state index in [2.05, 4.69) is 0 Å². The number of hydrogen-bond donors (Lipinski definition) is 0. The van der Waals surface area contributed by atoms with Gasteiger partial charge in [0, 0.05) is 6.07 Å². The van der Waals surface area contributed by atoms with E-state index in [9.17, 15) is 20.2 Å². The van der Waals surface area contributed by atoms with Crippen LogP contribution in [0, 0.1) is 21.4 Å². The lowest BCUT2D eigenvalue weighted by atomic mass is 9.95. The lowest BCUT2D eigenvalue weighted by Crippen LogP contribution is -2.09. The number of nitriles is 1. The first-order valence-electron chi connectivity index (χ1n) is 5.89. The van der Waals surface area contributed by atoms with Crippen LogP contribution in [0.2, 0.25) is 0 Å². The Bertz CT molecular complexity index is 733. The van der Waals surface area contributed by atoms with Gasteiger partial charge in [0.2, 0.25) is 0 Å². The molecule has 21 heavy (non-hydrogen) atoms. The van der Waals surface area contributed by atoms with Crippen molar-refractivity contribution in [2.45, 2.75) is 5.92 Å². The van der Waals surface area contributed by atoms with Gasteiger partial charge in [-0.25, -0.2) is 0 Å². The summed E-state index contributed by atoms with van der Waals surface area (Å²) in [4.78, 5) is 22.6. The van der Waals surface area contributed by atoms with Crippen LogP contribution in [0.5, 0.6) is 5.75 Å². The fraction of sp³-hybridized carbons (Fsp3) is 0.143. The quantitative estimate of drug-likeness (QED) is 0.480. The van der Waals surface area contributed by atoms with E-state index < -0.39 is 16.6 Å². The minimum Gasteiger partial charge on any atom is -0.497 e. The number of thiophene rings is 1. The van der Waals surface area contributed by atoms with Crippen molar-refractivity contribution in [3.8, 4) is 11.8 Å². The summed E-state index contributed by atoms with van der Waals surface area (Å²) in [5.41, 5.74) is 0.498. The molecule has 0 bridgehead atoms. The third kappa shape index (κ3) is 3.07. The highest BCUT2D eigenvalue weighted by atomic mass is 32.1. The number of nitro groups is 1. The monoisotopic (exact) mass is 302 g/mol. The summed E-state index contributed by atoms with van der Waals surface area (Å²) in [7, 11) is 1.49. The maximum absolute atomic E-state index is 12.3. The molecule has 1 aromatic carbocycles. The summed E-state index contributed by atoms with van der Waals surface area (Å²) in [6.07, 6.45) is 0. The molecular weight excluding hydrogens is 292 g/mol. The van der Waals surface area contributed by atoms with E-state index in [1.807, 2.05) is 6.07 Å². The third-order valence-electron chi connectivity index (χ3n) is 2.83. The standard InChI is InChI=1S/C14H10N2O4S/c1-20-10-4-2-3-9(7-10)11(8-15)14(17)12-5-6-13(21-12)16(18)19/h2-7,11H,1H3. The summed E-state index contributed by atoms with van der Waals surface area (Å²) in [5, 5.41) is 19.8. The van der Waals surface area contributed by atoms with Crippen LogP contribution < -0.4 is 4.74 Å². The molecular formula is C14H10N2O4S. The molecule has 106 valence electrons. The Kier molecular flexibility index (Phi) is 4.30. The zero-order valence-corrected chi connectivity index (χ0v) is 11.8. The largest absolute Gasteiger partial charge is 0.497 e. The van der Waals surface area contributed by atoms with E-state index >= 15 is 0 Å². The number of carbonyl (C=O) groups is 1. The van der Waals surface area contributed by atoms with Gasteiger partial charge >= 0.3 is 5.00 Å². The first kappa shape index (κ1) is 14.7. The number of methoxy groups -OCH3 is 1. The number of nitrogens with zero attached hydrogens (tertiary/aromatic N) is 2. The zero-order chi connectivity index (χ0) is 15.4. The number of Topliss-reactive ketones (excluding diaryl/α,β-unsaturated/α-hetero) is 1. The molecule has 0 saturated carbocycles. The molecule has 1 atom stereocenters. The first-order valence-corrected chi connectivity index (χ1v) is 6.70. The van der Waals surface area contributed by atoms with Crippen molar-refractivity contribution in [1.82, 2.24) is 0 Å². The predicted octanol–water partition coefficient (Wildman–Crippen LogP) is 3.15. The predicted molar refractivity (Wildman–Crippen MR) is 76.7 cm³/mol. The minimum absolute atomic E-state index is 0.124. The van der Waals surface area contributed by atoms with Crippen molar-refractivity contribution in [2.24, 2.45) is 0 Å². The Balaban J connectivity index is 2.33. The SMILES string of the molecule is COc1cccc(C(C#N)C(=O)c2ccc([N+](=O)[O-])s2)c1. The second-order valence-corrected chi connectivity index (χ2v) is 5.16. The lowest BCUT2D eigenvalue weighted by molar-refractivity contribution is -0.380. The van der Waals surface area contributed by atoms with Crippen LogP contribution >= 0.6 is 11.3 Å². The lowest BCUT2D eigenvalue weighted by Gasteiger charge is -2.08. The molecule has 7 heteroatoms. The second kappa shape index (κ2) is 6.15. The van der Waals surface area contributed by atoms with Crippen LogP contribution in [-0.2, 0) is 0 Å². The minimum atomic E-state index is -1.02. The van der Waals surface area contributed by atoms with E-state index in [4.69, 9.17) is 4.74 Å². The Morgan fingerprint density at radius 3 is 2.76 bits per heavy atom. The molecule has 0 radical (unpaired) electrons. The van der Waals surface area contributed by atoms with Gasteiger partial charge in [0.1, 0.15) is 11.7 Å². The molecule has 6 nitrogen and oxygen atoms in total. The summed E-state index contributed by atoms with van der Waals surface area (Å²) in [5.74, 6) is -0.931. The van der Waals surface area contributed by atoms with E-state index in [1.54, 1.807) is 24.3 Å². The molecule has 0 saturated heterocycles. The van der Waals surface area contributed by atoms with E-state index in [-0.39, 0.29) is 9.88 Å². The van der Waals surface area contributed by atoms with Gasteiger partial charge in [0.25, 0.3) is 0 Å². The van der Waals surface area contributed by atoms with Gasteiger partial charge in [-0.2, -0.15) is 5.26 Å². The van der Waals surface area contributed by atoms with E-state index in [1.165, 1.54) is 19.2 Å². The molecule has 0 aliphatic carbocycles. The van der Waals surface area contributed by atoms with Crippen LogP contribution in [0.4, 0.5) is 5.00 Å². The van der Waals surface area contributed by atoms with E-state index in [0.29, 0.717) is 11.3 Å². The molecule has 0 spiro atoms. The third-order valence-corrected chi connectivity index (χ3v) is 3.88. The first-order chi connectivity index (χ1) is 10.1. The van der Waals surface area contributed by atoms with Gasteiger partial charge < -0.3 is 4.74 Å². The highest BCUT2D eigenvalue weighted by Gasteiger charge is 2.25. The van der Waals surface area contributed by atoms with Crippen LogP contribution in [0.3, 0.4) is 0 Å². The molecule has 1 unspecified atom stereocenters. The van der Waals surface area contributed by atoms with Crippen molar-refractivity contribution in [3.05, 3.63) is 57.0 Å². The van der Waals surface area contributed by atoms with Gasteiger partial charge in [0.05, 0.1) is 23.0 Å². The number of ether oxygens (including phenoxy) is 1. The molecule has 1 heterocycles. The average molecular weight is 302 g/mol. The molecule has 1 aromatic heterocycles. The Labute approximate surface area is 124 Å². The summed E-state index contributed by atoms with van der Waals surface area (Å²) >= 11 is 0.766. The van der Waals surface area contributed by atoms with Crippen LogP contribution in [0.25, 0.3) is 0 Å². The summed E-state index contributed by atoms with van der Waals surface area (Å²) in [6, 6.07) is 11.2. The number of carbonyl (C=O) groups excluding carboxylic acids is 1. The van der Waals surface area contributed by atoms with E-state index in [0.717, 1.165) is 11.3 Å². The molecule has 0 N–H and O–H groups in total. The van der Waals surface area contributed by atoms with Crippen LogP contribution in [0.15, 0.2) is 36.4 Å². The Morgan fingerprint density at radius 2 is 2.19 bits per heavy atom. The van der Waals surface area contributed by atoms with Gasteiger partial charge in [-0.05, 0) is 23.8 Å². The fourth-order valence-corrected chi connectivity index (χ4v) is 2.60. The molecule has 0 amide bonds. The number of ketones is 1. The van der Waals surface area contributed by atoms with Gasteiger partial charge in [-0.1, -0.05) is 23.5 Å². The Morgan fingerprint density at radius 1 is 1.43 bits per heavy atom. The highest BCUT2D eigenvalue weighted by Crippen LogP contribution is 2.30. The fourth-order valence-electron chi connectivity index (χ4n) is 1.81. The van der Waals surface area contributed by atoms with Crippen LogP contribution in [-0.4, -0.2) is 17.8 Å². The number of hydrogen-bond acceptors (Lipinski definition) is 6. The highest BCUT2D eigenvalue weighted by molar-refractivity contribution is 7.17. The van der Waals surface area contributed by atoms with Gasteiger partial charge in [-0.15, -0.1) is 0 Å². The van der Waals surface area contributed by atoms with Crippen molar-refractivity contribution >= 4 is 22.1 Å². The normalized spacial score (nSPS) is 11.4. The molecule has 2 aromatic rings. The smallest absolute Gasteiger partial charge is 0.324 e. The van der Waals surface area contributed by atoms with Gasteiger partial charge in [-0.3, -0.25) is 14.9 Å². The zero-order valence-electron chi connectivity index (χ0n) is 11.0. The maximum Gasteiger partial charge on any atom is 0.324 e. The maximum atomic E-state index is 12.3. The average Bonchev–Trinajstić information content (AvgIpc) is 2.98. The van der Waals surface area contributed by atoms with Crippen molar-refractivity contribution in [3.63, 3.8) is 0 Å². The molecule has 2 rings (SSSR count). The molecule has 0 fully saturated rings. The van der Waals surface area contributed by atoms with Crippen molar-refractivity contribution in [1.29, 1.82) is 5.26 Å².